The van der Waals surface area contributed by atoms with Crippen molar-refractivity contribution >= 4 is 23.6 Å². The molecular weight excluding hydrogens is 370 g/mol. The zero-order valence-electron chi connectivity index (χ0n) is 16.3. The van der Waals surface area contributed by atoms with Gasteiger partial charge in [-0.1, -0.05) is 49.2 Å². The van der Waals surface area contributed by atoms with Crippen LogP contribution in [0.5, 0.6) is 0 Å². The first-order chi connectivity index (χ1) is 13.9. The van der Waals surface area contributed by atoms with Gasteiger partial charge in [-0.2, -0.15) is 0 Å². The van der Waals surface area contributed by atoms with Crippen LogP contribution in [0.1, 0.15) is 47.2 Å². The van der Waals surface area contributed by atoms with Gasteiger partial charge < -0.3 is 21.1 Å². The van der Waals surface area contributed by atoms with E-state index in [1.54, 1.807) is 13.0 Å². The summed E-state index contributed by atoms with van der Waals surface area (Å²) in [5.74, 6) is -1.38. The molecule has 4 N–H and O–H groups in total. The molecule has 0 aliphatic heterocycles. The molecule has 7 nitrogen and oxygen atoms in total. The Balaban J connectivity index is 1.69. The van der Waals surface area contributed by atoms with E-state index in [9.17, 15) is 19.5 Å². The van der Waals surface area contributed by atoms with Crippen molar-refractivity contribution in [2.45, 2.75) is 44.7 Å². The number of hydrogen-bond donors (Lipinski definition) is 4. The number of aryl methyl sites for hydroxylation is 1. The summed E-state index contributed by atoms with van der Waals surface area (Å²) in [6, 6.07) is 13.7. The molecule has 3 rings (SSSR count). The fourth-order valence-corrected chi connectivity index (χ4v) is 3.56. The van der Waals surface area contributed by atoms with Gasteiger partial charge in [0.25, 0.3) is 0 Å². The molecule has 0 aromatic heterocycles. The van der Waals surface area contributed by atoms with Crippen LogP contribution in [0.4, 0.5) is 10.5 Å². The van der Waals surface area contributed by atoms with Gasteiger partial charge in [-0.3, -0.25) is 4.79 Å². The predicted molar refractivity (Wildman–Crippen MR) is 110 cm³/mol. The summed E-state index contributed by atoms with van der Waals surface area (Å²) in [7, 11) is 0. The zero-order chi connectivity index (χ0) is 20.9. The van der Waals surface area contributed by atoms with E-state index in [-0.39, 0.29) is 11.5 Å². The molecule has 152 valence electrons. The van der Waals surface area contributed by atoms with Crippen LogP contribution in [0.15, 0.2) is 48.5 Å². The third-order valence-corrected chi connectivity index (χ3v) is 5.27. The van der Waals surface area contributed by atoms with Gasteiger partial charge in [0, 0.05) is 12.2 Å². The van der Waals surface area contributed by atoms with Crippen LogP contribution in [-0.4, -0.2) is 28.6 Å². The average molecular weight is 395 g/mol. The quantitative estimate of drug-likeness (QED) is 0.601. The van der Waals surface area contributed by atoms with Crippen LogP contribution >= 0.6 is 0 Å². The number of anilines is 1. The number of hydrogen-bond acceptors (Lipinski definition) is 3. The van der Waals surface area contributed by atoms with Crippen molar-refractivity contribution in [1.82, 2.24) is 10.6 Å². The van der Waals surface area contributed by atoms with Gasteiger partial charge in [-0.05, 0) is 43.0 Å². The Morgan fingerprint density at radius 2 is 1.72 bits per heavy atom. The highest BCUT2D eigenvalue weighted by Gasteiger charge is 2.42. The van der Waals surface area contributed by atoms with Gasteiger partial charge in [0.1, 0.15) is 5.54 Å². The van der Waals surface area contributed by atoms with Crippen LogP contribution in [-0.2, 0) is 11.3 Å². The number of benzene rings is 2. The highest BCUT2D eigenvalue weighted by molar-refractivity contribution is 6.02. The monoisotopic (exact) mass is 395 g/mol. The third kappa shape index (κ3) is 4.93. The molecule has 0 spiro atoms. The van der Waals surface area contributed by atoms with E-state index < -0.39 is 17.5 Å². The highest BCUT2D eigenvalue weighted by Crippen LogP contribution is 2.31. The van der Waals surface area contributed by atoms with Crippen LogP contribution in [0.2, 0.25) is 0 Å². The first kappa shape index (κ1) is 20.4. The summed E-state index contributed by atoms with van der Waals surface area (Å²) >= 11 is 0. The molecule has 0 bridgehead atoms. The third-order valence-electron chi connectivity index (χ3n) is 5.27. The van der Waals surface area contributed by atoms with Crippen molar-refractivity contribution in [3.8, 4) is 0 Å². The molecule has 3 amide bonds. The molecule has 0 heterocycles. The summed E-state index contributed by atoms with van der Waals surface area (Å²) in [5.41, 5.74) is 1.25. The number of aromatic carboxylic acids is 1. The van der Waals surface area contributed by atoms with E-state index in [0.29, 0.717) is 25.1 Å². The molecule has 0 radical (unpaired) electrons. The Kier molecular flexibility index (Phi) is 6.16. The Hall–Kier alpha value is -3.35. The van der Waals surface area contributed by atoms with Gasteiger partial charge >= 0.3 is 12.0 Å². The largest absolute Gasteiger partial charge is 0.478 e. The molecule has 7 heteroatoms. The fourth-order valence-electron chi connectivity index (χ4n) is 3.56. The van der Waals surface area contributed by atoms with E-state index in [1.165, 1.54) is 12.1 Å². The van der Waals surface area contributed by atoms with Gasteiger partial charge in [-0.25, -0.2) is 9.59 Å². The number of rotatable bonds is 6. The highest BCUT2D eigenvalue weighted by atomic mass is 16.4. The van der Waals surface area contributed by atoms with Gasteiger partial charge in [-0.15, -0.1) is 0 Å². The number of urea groups is 1. The van der Waals surface area contributed by atoms with E-state index in [1.807, 2.05) is 30.3 Å². The lowest BCUT2D eigenvalue weighted by molar-refractivity contribution is -0.121. The number of amides is 3. The number of carboxylic acid groups (broad SMARTS) is 1. The first-order valence-corrected chi connectivity index (χ1v) is 9.65. The topological polar surface area (TPSA) is 108 Å². The lowest BCUT2D eigenvalue weighted by Crippen LogP contribution is -2.57. The Bertz CT molecular complexity index is 906. The summed E-state index contributed by atoms with van der Waals surface area (Å²) in [6.07, 6.45) is 2.74. The fraction of sp³-hybridized carbons (Fsp3) is 0.318. The Morgan fingerprint density at radius 3 is 2.38 bits per heavy atom. The van der Waals surface area contributed by atoms with Gasteiger partial charge in [0.05, 0.1) is 5.56 Å². The second-order valence-electron chi connectivity index (χ2n) is 7.37. The van der Waals surface area contributed by atoms with Gasteiger partial charge in [0.15, 0.2) is 0 Å². The summed E-state index contributed by atoms with van der Waals surface area (Å²) in [4.78, 5) is 36.8. The predicted octanol–water partition coefficient (Wildman–Crippen LogP) is 3.44. The summed E-state index contributed by atoms with van der Waals surface area (Å²) in [6.45, 7) is 2.16. The SMILES string of the molecule is Cc1ccc(C(=O)O)cc1NC(=O)C1(NC(=O)NCc2ccccc2)CCCC1. The van der Waals surface area contributed by atoms with Crippen molar-refractivity contribution in [2.24, 2.45) is 0 Å². The molecule has 0 unspecified atom stereocenters. The maximum atomic E-state index is 13.1. The molecule has 1 aliphatic carbocycles. The zero-order valence-corrected chi connectivity index (χ0v) is 16.3. The number of carbonyl (C=O) groups excluding carboxylic acids is 2. The van der Waals surface area contributed by atoms with E-state index in [4.69, 9.17) is 0 Å². The summed E-state index contributed by atoms with van der Waals surface area (Å²) in [5, 5.41) is 17.7. The number of carbonyl (C=O) groups is 3. The minimum atomic E-state index is -1.06. The van der Waals surface area contributed by atoms with Crippen molar-refractivity contribution in [1.29, 1.82) is 0 Å². The number of carboxylic acids is 1. The lowest BCUT2D eigenvalue weighted by Gasteiger charge is -2.29. The van der Waals surface area contributed by atoms with Crippen molar-refractivity contribution in [3.63, 3.8) is 0 Å². The van der Waals surface area contributed by atoms with Crippen molar-refractivity contribution in [2.75, 3.05) is 5.32 Å². The summed E-state index contributed by atoms with van der Waals surface area (Å²) < 4.78 is 0. The second-order valence-corrected chi connectivity index (χ2v) is 7.37. The molecule has 1 aliphatic rings. The van der Waals surface area contributed by atoms with E-state index in [2.05, 4.69) is 16.0 Å². The van der Waals surface area contributed by atoms with E-state index >= 15 is 0 Å². The van der Waals surface area contributed by atoms with Gasteiger partial charge in [0.2, 0.25) is 5.91 Å². The molecule has 1 fully saturated rings. The molecule has 1 saturated carbocycles. The van der Waals surface area contributed by atoms with Crippen LogP contribution in [0.3, 0.4) is 0 Å². The van der Waals surface area contributed by atoms with Crippen molar-refractivity contribution < 1.29 is 19.5 Å². The molecule has 2 aromatic rings. The second kappa shape index (κ2) is 8.77. The minimum Gasteiger partial charge on any atom is -0.478 e. The maximum absolute atomic E-state index is 13.1. The van der Waals surface area contributed by atoms with Crippen LogP contribution in [0, 0.1) is 6.92 Å². The number of nitrogens with one attached hydrogen (secondary N) is 3. The molecule has 0 atom stereocenters. The van der Waals surface area contributed by atoms with Crippen LogP contribution < -0.4 is 16.0 Å². The lowest BCUT2D eigenvalue weighted by atomic mass is 9.96. The molecule has 0 saturated heterocycles. The average Bonchev–Trinajstić information content (AvgIpc) is 3.18. The molecule has 29 heavy (non-hydrogen) atoms. The molecule has 2 aromatic carbocycles. The Labute approximate surface area is 169 Å². The maximum Gasteiger partial charge on any atom is 0.335 e. The Morgan fingerprint density at radius 1 is 1.03 bits per heavy atom. The van der Waals surface area contributed by atoms with Crippen molar-refractivity contribution in [3.05, 3.63) is 65.2 Å². The normalized spacial score (nSPS) is 14.8. The van der Waals surface area contributed by atoms with E-state index in [0.717, 1.165) is 24.0 Å². The first-order valence-electron chi connectivity index (χ1n) is 9.65. The smallest absolute Gasteiger partial charge is 0.335 e. The minimum absolute atomic E-state index is 0.0972. The molecular formula is C22H25N3O4. The standard InChI is InChI=1S/C22H25N3O4/c1-15-9-10-17(19(26)27)13-18(15)24-20(28)22(11-5-6-12-22)25-21(29)23-14-16-7-3-2-4-8-16/h2-4,7-10,13H,5-6,11-12,14H2,1H3,(H,24,28)(H,26,27)(H2,23,25,29). The van der Waals surface area contributed by atoms with Crippen LogP contribution in [0.25, 0.3) is 0 Å².